The third-order valence-electron chi connectivity index (χ3n) is 3.66. The molecule has 0 bridgehead atoms. The van der Waals surface area contributed by atoms with Gasteiger partial charge >= 0.3 is 0 Å². The van der Waals surface area contributed by atoms with Crippen molar-refractivity contribution in [1.29, 1.82) is 0 Å². The lowest BCUT2D eigenvalue weighted by atomic mass is 10.0. The minimum Gasteiger partial charge on any atom is -0.382 e. The molecular formula is C15H23N3O4. The lowest BCUT2D eigenvalue weighted by Gasteiger charge is -2.42. The molecule has 0 spiro atoms. The van der Waals surface area contributed by atoms with Crippen LogP contribution in [0.25, 0.3) is 0 Å². The number of H-pyrrole nitrogens is 1. The number of ether oxygens (including phenoxy) is 2. The number of carbonyl (C=O) groups is 1. The zero-order valence-electron chi connectivity index (χ0n) is 13.7. The average Bonchev–Trinajstić information content (AvgIpc) is 2.40. The molecule has 7 heteroatoms. The minimum atomic E-state index is -0.496. The van der Waals surface area contributed by atoms with Gasteiger partial charge in [-0.2, -0.15) is 0 Å². The zero-order valence-corrected chi connectivity index (χ0v) is 13.7. The molecule has 1 aliphatic rings. The monoisotopic (exact) mass is 309 g/mol. The van der Waals surface area contributed by atoms with E-state index in [0.717, 1.165) is 0 Å². The molecule has 2 rings (SSSR count). The van der Waals surface area contributed by atoms with Crippen molar-refractivity contribution in [2.45, 2.75) is 39.4 Å². The summed E-state index contributed by atoms with van der Waals surface area (Å²) in [5.74, 6) is -0.373. The Balaban J connectivity index is 2.28. The summed E-state index contributed by atoms with van der Waals surface area (Å²) in [4.78, 5) is 33.1. The Morgan fingerprint density at radius 3 is 2.82 bits per heavy atom. The number of hydrogen-bond acceptors (Lipinski definition) is 5. The molecule has 1 aromatic heterocycles. The highest BCUT2D eigenvalue weighted by Crippen LogP contribution is 2.22. The maximum atomic E-state index is 12.7. The lowest BCUT2D eigenvalue weighted by Crippen LogP contribution is -2.56. The fourth-order valence-electron chi connectivity index (χ4n) is 2.64. The van der Waals surface area contributed by atoms with Gasteiger partial charge in [0.15, 0.2) is 5.69 Å². The summed E-state index contributed by atoms with van der Waals surface area (Å²) in [7, 11) is 1.59. The second kappa shape index (κ2) is 6.18. The van der Waals surface area contributed by atoms with E-state index >= 15 is 0 Å². The number of nitrogens with one attached hydrogen (secondary N) is 1. The summed E-state index contributed by atoms with van der Waals surface area (Å²) in [6.45, 7) is 8.51. The molecule has 1 fully saturated rings. The summed E-state index contributed by atoms with van der Waals surface area (Å²) in [5.41, 5.74) is 0.284. The first-order valence-electron chi connectivity index (χ1n) is 7.27. The molecule has 0 radical (unpaired) electrons. The normalized spacial score (nSPS) is 21.0. The molecule has 0 aliphatic carbocycles. The smallest absolute Gasteiger partial charge is 0.279 e. The third kappa shape index (κ3) is 3.53. The van der Waals surface area contributed by atoms with Crippen LogP contribution in [0.15, 0.2) is 4.79 Å². The van der Waals surface area contributed by atoms with Crippen molar-refractivity contribution >= 4 is 5.91 Å². The lowest BCUT2D eigenvalue weighted by molar-refractivity contribution is -0.143. The summed E-state index contributed by atoms with van der Waals surface area (Å²) in [5, 5.41) is 0. The molecule has 1 unspecified atom stereocenters. The average molecular weight is 309 g/mol. The van der Waals surface area contributed by atoms with E-state index in [1.807, 2.05) is 13.8 Å². The van der Waals surface area contributed by atoms with Crippen molar-refractivity contribution in [3.63, 3.8) is 0 Å². The largest absolute Gasteiger partial charge is 0.382 e. The molecule has 2 heterocycles. The van der Waals surface area contributed by atoms with Crippen molar-refractivity contribution in [2.75, 3.05) is 26.8 Å². The summed E-state index contributed by atoms with van der Waals surface area (Å²) in [6.07, 6.45) is -0.219. The minimum absolute atomic E-state index is 0.0723. The highest BCUT2D eigenvalue weighted by molar-refractivity contribution is 5.92. The highest BCUT2D eigenvalue weighted by Gasteiger charge is 2.37. The Kier molecular flexibility index (Phi) is 4.67. The van der Waals surface area contributed by atoms with Crippen LogP contribution in [0, 0.1) is 13.8 Å². The Morgan fingerprint density at radius 2 is 2.18 bits per heavy atom. The van der Waals surface area contributed by atoms with Crippen molar-refractivity contribution in [1.82, 2.24) is 14.9 Å². The van der Waals surface area contributed by atoms with Gasteiger partial charge in [-0.15, -0.1) is 0 Å². The van der Waals surface area contributed by atoms with Crippen LogP contribution in [0.2, 0.25) is 0 Å². The molecule has 22 heavy (non-hydrogen) atoms. The van der Waals surface area contributed by atoms with Gasteiger partial charge in [-0.05, 0) is 27.7 Å². The van der Waals surface area contributed by atoms with Crippen LogP contribution in [0.4, 0.5) is 0 Å². The van der Waals surface area contributed by atoms with Crippen molar-refractivity contribution in [3.05, 3.63) is 27.4 Å². The maximum absolute atomic E-state index is 12.7. The number of aromatic amines is 1. The number of nitrogens with zero attached hydrogens (tertiary/aromatic N) is 2. The van der Waals surface area contributed by atoms with Gasteiger partial charge in [-0.25, -0.2) is 4.98 Å². The van der Waals surface area contributed by atoms with E-state index in [4.69, 9.17) is 9.47 Å². The zero-order chi connectivity index (χ0) is 16.5. The molecule has 122 valence electrons. The van der Waals surface area contributed by atoms with E-state index in [0.29, 0.717) is 31.1 Å². The molecule has 1 aromatic rings. The molecule has 7 nitrogen and oxygen atoms in total. The SMILES string of the molecule is COCC1CN(C(=O)c2nc(C)c(C)[nH]c2=O)CC(C)(C)O1. The summed E-state index contributed by atoms with van der Waals surface area (Å²) in [6, 6.07) is 0. The van der Waals surface area contributed by atoms with E-state index in [-0.39, 0.29) is 17.7 Å². The molecule has 1 saturated heterocycles. The van der Waals surface area contributed by atoms with Crippen LogP contribution in [-0.4, -0.2) is 59.3 Å². The highest BCUT2D eigenvalue weighted by atomic mass is 16.5. The van der Waals surface area contributed by atoms with Gasteiger partial charge < -0.3 is 19.4 Å². The van der Waals surface area contributed by atoms with Crippen LogP contribution < -0.4 is 5.56 Å². The van der Waals surface area contributed by atoms with Gasteiger partial charge in [0, 0.05) is 25.9 Å². The fourth-order valence-corrected chi connectivity index (χ4v) is 2.64. The molecular weight excluding hydrogens is 286 g/mol. The van der Waals surface area contributed by atoms with E-state index in [1.165, 1.54) is 0 Å². The number of aryl methyl sites for hydroxylation is 2. The molecule has 1 atom stereocenters. The predicted octanol–water partition coefficient (Wildman–Crippen LogP) is 0.653. The van der Waals surface area contributed by atoms with Gasteiger partial charge in [0.25, 0.3) is 11.5 Å². The second-order valence-electron chi connectivity index (χ2n) is 6.27. The van der Waals surface area contributed by atoms with E-state index < -0.39 is 11.2 Å². The molecule has 0 saturated carbocycles. The molecule has 1 N–H and O–H groups in total. The van der Waals surface area contributed by atoms with E-state index in [9.17, 15) is 9.59 Å². The molecule has 1 aliphatic heterocycles. The van der Waals surface area contributed by atoms with Crippen LogP contribution in [-0.2, 0) is 9.47 Å². The number of carbonyl (C=O) groups excluding carboxylic acids is 1. The van der Waals surface area contributed by atoms with Crippen molar-refractivity contribution in [2.24, 2.45) is 0 Å². The number of amides is 1. The number of rotatable bonds is 3. The van der Waals surface area contributed by atoms with Gasteiger partial charge in [0.2, 0.25) is 0 Å². The van der Waals surface area contributed by atoms with Gasteiger partial charge in [0.05, 0.1) is 24.0 Å². The van der Waals surface area contributed by atoms with Crippen molar-refractivity contribution < 1.29 is 14.3 Å². The Labute approximate surface area is 129 Å². The topological polar surface area (TPSA) is 84.5 Å². The first-order chi connectivity index (χ1) is 10.2. The van der Waals surface area contributed by atoms with Crippen LogP contribution in [0.1, 0.15) is 35.7 Å². The van der Waals surface area contributed by atoms with Gasteiger partial charge in [-0.1, -0.05) is 0 Å². The van der Waals surface area contributed by atoms with Crippen LogP contribution in [0.5, 0.6) is 0 Å². The van der Waals surface area contributed by atoms with Crippen molar-refractivity contribution in [3.8, 4) is 0 Å². The number of morpholine rings is 1. The predicted molar refractivity (Wildman–Crippen MR) is 81.1 cm³/mol. The first kappa shape index (κ1) is 16.6. The van der Waals surface area contributed by atoms with E-state index in [1.54, 1.807) is 25.9 Å². The van der Waals surface area contributed by atoms with Gasteiger partial charge in [-0.3, -0.25) is 9.59 Å². The standard InChI is InChI=1S/C15H23N3O4/c1-9-10(2)17-13(19)12(16-9)14(20)18-6-11(7-21-5)22-15(3,4)8-18/h11H,6-8H2,1-5H3,(H,17,19). The molecule has 1 amide bonds. The molecule has 0 aromatic carbocycles. The third-order valence-corrected chi connectivity index (χ3v) is 3.66. The maximum Gasteiger partial charge on any atom is 0.279 e. The Bertz CT molecular complexity index is 624. The quantitative estimate of drug-likeness (QED) is 0.886. The number of aromatic nitrogens is 2. The van der Waals surface area contributed by atoms with Crippen LogP contribution >= 0.6 is 0 Å². The number of methoxy groups -OCH3 is 1. The Morgan fingerprint density at radius 1 is 1.50 bits per heavy atom. The number of hydrogen-bond donors (Lipinski definition) is 1. The van der Waals surface area contributed by atoms with Crippen LogP contribution in [0.3, 0.4) is 0 Å². The Hall–Kier alpha value is -1.73. The van der Waals surface area contributed by atoms with Gasteiger partial charge in [0.1, 0.15) is 0 Å². The summed E-state index contributed by atoms with van der Waals surface area (Å²) >= 11 is 0. The fraction of sp³-hybridized carbons (Fsp3) is 0.667. The van der Waals surface area contributed by atoms with E-state index in [2.05, 4.69) is 9.97 Å². The first-order valence-corrected chi connectivity index (χ1v) is 7.27. The summed E-state index contributed by atoms with van der Waals surface area (Å²) < 4.78 is 11.0. The second-order valence-corrected chi connectivity index (χ2v) is 6.27.